The predicted octanol–water partition coefficient (Wildman–Crippen LogP) is -0.494. The Balaban J connectivity index is 2.93. The summed E-state index contributed by atoms with van der Waals surface area (Å²) in [5, 5.41) is 14.0. The summed E-state index contributed by atoms with van der Waals surface area (Å²) in [7, 11) is -4.99. The van der Waals surface area contributed by atoms with Crippen LogP contribution in [0.3, 0.4) is 0 Å². The molecule has 0 aliphatic rings. The van der Waals surface area contributed by atoms with E-state index in [1.165, 1.54) is 0 Å². The fourth-order valence-corrected chi connectivity index (χ4v) is 3.40. The zero-order valence-electron chi connectivity index (χ0n) is 12.2. The van der Waals surface area contributed by atoms with E-state index in [0.29, 0.717) is 24.3 Å². The van der Waals surface area contributed by atoms with E-state index >= 15 is 0 Å². The van der Waals surface area contributed by atoms with Crippen LogP contribution in [0.15, 0.2) is 4.90 Å². The summed E-state index contributed by atoms with van der Waals surface area (Å²) in [6.07, 6.45) is 2.45. The smallest absolute Gasteiger partial charge is 0.273 e. The summed E-state index contributed by atoms with van der Waals surface area (Å²) in [6, 6.07) is -0.253. The van der Waals surface area contributed by atoms with Crippen LogP contribution in [-0.4, -0.2) is 46.8 Å². The largest absolute Gasteiger partial charge is 0.348 e. The van der Waals surface area contributed by atoms with Gasteiger partial charge in [-0.05, 0) is 19.8 Å². The Kier molecular flexibility index (Phi) is 6.05. The van der Waals surface area contributed by atoms with Gasteiger partial charge in [-0.15, -0.1) is 0 Å². The van der Waals surface area contributed by atoms with Gasteiger partial charge in [0.2, 0.25) is 10.0 Å². The van der Waals surface area contributed by atoms with Gasteiger partial charge in [0.1, 0.15) is 4.90 Å². The first-order chi connectivity index (χ1) is 9.66. The Bertz CT molecular complexity index is 639. The van der Waals surface area contributed by atoms with Gasteiger partial charge >= 0.3 is 0 Å². The lowest BCUT2D eigenvalue weighted by Gasteiger charge is -2.12. The summed E-state index contributed by atoms with van der Waals surface area (Å²) in [5.74, 6) is -0.172. The molecule has 21 heavy (non-hydrogen) atoms. The number of primary sulfonamides is 1. The van der Waals surface area contributed by atoms with E-state index in [2.05, 4.69) is 15.5 Å². The fraction of sp³-hybridized carbons (Fsp3) is 0.636. The summed E-state index contributed by atoms with van der Waals surface area (Å²) < 4.78 is 34.2. The number of H-pyrrole nitrogens is 1. The van der Waals surface area contributed by atoms with Crippen LogP contribution in [0.4, 0.5) is 0 Å². The Morgan fingerprint density at radius 1 is 1.52 bits per heavy atom. The lowest BCUT2D eigenvalue weighted by atomic mass is 10.2. The highest BCUT2D eigenvalue weighted by Crippen LogP contribution is 2.17. The number of nitrogens with one attached hydrogen (secondary N) is 2. The van der Waals surface area contributed by atoms with Crippen molar-refractivity contribution >= 4 is 26.7 Å². The number of aryl methyl sites for hydroxylation is 1. The normalized spacial score (nSPS) is 14.7. The summed E-state index contributed by atoms with van der Waals surface area (Å²) >= 11 is 0. The maximum atomic E-state index is 12.1. The van der Waals surface area contributed by atoms with Crippen molar-refractivity contribution in [1.29, 1.82) is 0 Å². The molecule has 1 heterocycles. The van der Waals surface area contributed by atoms with Gasteiger partial charge in [0.25, 0.3) is 5.91 Å². The number of aromatic nitrogens is 2. The SMILES string of the molecule is CCc1[nH]nc(C(=O)NC(C)CCS(C)=O)c1S(N)(=O)=O. The van der Waals surface area contributed by atoms with E-state index in [-0.39, 0.29) is 16.6 Å². The summed E-state index contributed by atoms with van der Waals surface area (Å²) in [4.78, 5) is 11.8. The average molecular weight is 336 g/mol. The number of nitrogens with two attached hydrogens (primary N) is 1. The van der Waals surface area contributed by atoms with E-state index in [4.69, 9.17) is 5.14 Å². The highest BCUT2D eigenvalue weighted by atomic mass is 32.2. The van der Waals surface area contributed by atoms with Crippen molar-refractivity contribution < 1.29 is 17.4 Å². The van der Waals surface area contributed by atoms with Crippen molar-refractivity contribution in [2.24, 2.45) is 5.14 Å². The van der Waals surface area contributed by atoms with Crippen LogP contribution in [0.25, 0.3) is 0 Å². The number of amides is 1. The zero-order chi connectivity index (χ0) is 16.2. The molecular weight excluding hydrogens is 316 g/mol. The van der Waals surface area contributed by atoms with Crippen molar-refractivity contribution in [3.05, 3.63) is 11.4 Å². The number of sulfonamides is 1. The molecule has 1 rings (SSSR count). The first kappa shape index (κ1) is 17.8. The molecule has 0 spiro atoms. The summed E-state index contributed by atoms with van der Waals surface area (Å²) in [5.41, 5.74) is 0.0591. The zero-order valence-corrected chi connectivity index (χ0v) is 13.8. The van der Waals surface area contributed by atoms with Crippen LogP contribution in [0.5, 0.6) is 0 Å². The monoisotopic (exact) mass is 336 g/mol. The quantitative estimate of drug-likeness (QED) is 0.617. The molecule has 0 aliphatic carbocycles. The number of nitrogens with zero attached hydrogens (tertiary/aromatic N) is 1. The third-order valence-corrected chi connectivity index (χ3v) is 4.68. The van der Waals surface area contributed by atoms with Crippen molar-refractivity contribution in [2.45, 2.75) is 37.6 Å². The van der Waals surface area contributed by atoms with E-state index in [9.17, 15) is 17.4 Å². The van der Waals surface area contributed by atoms with Crippen molar-refractivity contribution in [2.75, 3.05) is 12.0 Å². The molecule has 0 radical (unpaired) electrons. The highest BCUT2D eigenvalue weighted by molar-refractivity contribution is 7.89. The van der Waals surface area contributed by atoms with Gasteiger partial charge in [0, 0.05) is 28.9 Å². The number of carbonyl (C=O) groups excluding carboxylic acids is 1. The van der Waals surface area contributed by atoms with Gasteiger partial charge in [0.15, 0.2) is 5.69 Å². The number of hydrogen-bond donors (Lipinski definition) is 3. The van der Waals surface area contributed by atoms with Gasteiger partial charge in [0.05, 0.1) is 5.69 Å². The minimum atomic E-state index is -4.04. The molecule has 2 unspecified atom stereocenters. The second-order valence-corrected chi connectivity index (χ2v) is 7.77. The van der Waals surface area contributed by atoms with Gasteiger partial charge in [-0.25, -0.2) is 13.6 Å². The van der Waals surface area contributed by atoms with E-state index < -0.39 is 26.7 Å². The number of rotatable bonds is 7. The maximum Gasteiger partial charge on any atom is 0.273 e. The molecule has 8 nitrogen and oxygen atoms in total. The standard InChI is InChI=1S/C11H20N4O4S2/c1-4-8-10(21(12,18)19)9(15-14-8)11(16)13-7(2)5-6-20(3)17/h7H,4-6H2,1-3H3,(H,13,16)(H,14,15)(H2,12,18,19). The van der Waals surface area contributed by atoms with Crippen molar-refractivity contribution in [3.63, 3.8) is 0 Å². The molecule has 4 N–H and O–H groups in total. The minimum absolute atomic E-state index is 0.237. The molecule has 1 aromatic rings. The molecule has 0 saturated carbocycles. The Labute approximate surface area is 126 Å². The van der Waals surface area contributed by atoms with Crippen LogP contribution in [0, 0.1) is 0 Å². The van der Waals surface area contributed by atoms with Crippen molar-refractivity contribution in [3.8, 4) is 0 Å². The van der Waals surface area contributed by atoms with Crippen molar-refractivity contribution in [1.82, 2.24) is 15.5 Å². The Hall–Kier alpha value is -1.26. The fourth-order valence-electron chi connectivity index (χ4n) is 1.77. The molecule has 10 heteroatoms. The molecular formula is C11H20N4O4S2. The highest BCUT2D eigenvalue weighted by Gasteiger charge is 2.27. The first-order valence-corrected chi connectivity index (χ1v) is 9.65. The van der Waals surface area contributed by atoms with Gasteiger partial charge < -0.3 is 5.32 Å². The Morgan fingerprint density at radius 3 is 2.62 bits per heavy atom. The van der Waals surface area contributed by atoms with Crippen LogP contribution in [0.1, 0.15) is 36.5 Å². The maximum absolute atomic E-state index is 12.1. The molecule has 120 valence electrons. The first-order valence-electron chi connectivity index (χ1n) is 6.37. The Morgan fingerprint density at radius 2 is 2.14 bits per heavy atom. The van der Waals surface area contributed by atoms with Gasteiger partial charge in [-0.2, -0.15) is 5.10 Å². The number of hydrogen-bond acceptors (Lipinski definition) is 5. The molecule has 2 atom stereocenters. The predicted molar refractivity (Wildman–Crippen MR) is 79.8 cm³/mol. The molecule has 0 aliphatic heterocycles. The average Bonchev–Trinajstić information content (AvgIpc) is 2.80. The molecule has 0 aromatic carbocycles. The number of carbonyl (C=O) groups is 1. The van der Waals surface area contributed by atoms with Crippen LogP contribution >= 0.6 is 0 Å². The third-order valence-electron chi connectivity index (χ3n) is 2.86. The van der Waals surface area contributed by atoms with E-state index in [0.717, 1.165) is 0 Å². The topological polar surface area (TPSA) is 135 Å². The van der Waals surface area contributed by atoms with Crippen LogP contribution in [-0.2, 0) is 27.2 Å². The lowest BCUT2D eigenvalue weighted by molar-refractivity contribution is 0.0931. The van der Waals surface area contributed by atoms with Gasteiger partial charge in [-0.3, -0.25) is 14.1 Å². The number of aromatic amines is 1. The second-order valence-electron chi connectivity index (χ2n) is 4.72. The molecule has 1 amide bonds. The molecule has 0 saturated heterocycles. The minimum Gasteiger partial charge on any atom is -0.348 e. The summed E-state index contributed by atoms with van der Waals surface area (Å²) in [6.45, 7) is 3.47. The third kappa shape index (κ3) is 4.90. The van der Waals surface area contributed by atoms with Crippen LogP contribution in [0.2, 0.25) is 0 Å². The molecule has 0 bridgehead atoms. The van der Waals surface area contributed by atoms with Gasteiger partial charge in [-0.1, -0.05) is 6.92 Å². The molecule has 1 aromatic heterocycles. The lowest BCUT2D eigenvalue weighted by Crippen LogP contribution is -2.35. The second kappa shape index (κ2) is 7.14. The van der Waals surface area contributed by atoms with E-state index in [1.54, 1.807) is 20.1 Å². The van der Waals surface area contributed by atoms with Crippen LogP contribution < -0.4 is 10.5 Å². The molecule has 0 fully saturated rings. The van der Waals surface area contributed by atoms with E-state index in [1.807, 2.05) is 0 Å².